The van der Waals surface area contributed by atoms with E-state index in [0.717, 1.165) is 0 Å². The number of nitrogen functional groups attached to an aromatic ring is 1. The molecule has 0 saturated heterocycles. The molecule has 130 valence electrons. The van der Waals surface area contributed by atoms with Crippen molar-refractivity contribution in [2.24, 2.45) is 5.92 Å². The summed E-state index contributed by atoms with van der Waals surface area (Å²) < 4.78 is 10.6. The van der Waals surface area contributed by atoms with Crippen LogP contribution in [-0.4, -0.2) is 57.6 Å². The predicted octanol–water partition coefficient (Wildman–Crippen LogP) is -2.24. The summed E-state index contributed by atoms with van der Waals surface area (Å²) in [7, 11) is -4.64. The summed E-state index contributed by atoms with van der Waals surface area (Å²) >= 11 is 0. The van der Waals surface area contributed by atoms with E-state index in [2.05, 4.69) is 15.0 Å². The number of H-pyrrole nitrogens is 1. The van der Waals surface area contributed by atoms with E-state index < -0.39 is 13.4 Å². The lowest BCUT2D eigenvalue weighted by Gasteiger charge is -2.11. The topological polar surface area (TPSA) is 208 Å². The standard InChI is InChI=1S/C10H15N5O3.H3O4P/c11-10-13-8-7(9(18)14-10)12-5-15(8)2-1-6(3-16)4-17;1-5(2,3)4/h5-6,16-17H,1-4H2,(H3,11,13,14,18);(H3,1,2,3,4). The highest BCUT2D eigenvalue weighted by Crippen LogP contribution is 2.25. The third-order valence-corrected chi connectivity index (χ3v) is 2.80. The number of aliphatic hydroxyl groups is 2. The maximum absolute atomic E-state index is 11.5. The van der Waals surface area contributed by atoms with Gasteiger partial charge in [0, 0.05) is 25.7 Å². The van der Waals surface area contributed by atoms with E-state index in [1.54, 1.807) is 4.57 Å². The van der Waals surface area contributed by atoms with Crippen LogP contribution in [-0.2, 0) is 11.1 Å². The van der Waals surface area contributed by atoms with Gasteiger partial charge in [0.15, 0.2) is 5.52 Å². The van der Waals surface area contributed by atoms with Gasteiger partial charge >= 0.3 is 13.4 Å². The quantitative estimate of drug-likeness (QED) is 0.288. The Kier molecular flexibility index (Phi) is 6.81. The lowest BCUT2D eigenvalue weighted by molar-refractivity contribution is 0.140. The highest BCUT2D eigenvalue weighted by Gasteiger charge is 2.11. The molecule has 2 heterocycles. The van der Waals surface area contributed by atoms with Crippen molar-refractivity contribution in [3.8, 4) is 0 Å². The summed E-state index contributed by atoms with van der Waals surface area (Å²) in [4.78, 5) is 43.4. The number of aromatic amines is 1. The molecule has 0 amide bonds. The number of anilines is 1. The molecule has 0 saturated carbocycles. The van der Waals surface area contributed by atoms with Crippen molar-refractivity contribution in [2.75, 3.05) is 18.9 Å². The van der Waals surface area contributed by atoms with E-state index in [0.29, 0.717) is 18.6 Å². The van der Waals surface area contributed by atoms with Crippen LogP contribution in [0.15, 0.2) is 11.1 Å². The van der Waals surface area contributed by atoms with Crippen molar-refractivity contribution in [1.82, 2.24) is 19.5 Å². The van der Waals surface area contributed by atoms with Gasteiger partial charge in [-0.2, -0.15) is 4.98 Å². The number of nitrogens with one attached hydrogen (secondary N) is 1. The summed E-state index contributed by atoms with van der Waals surface area (Å²) in [6.07, 6.45) is 2.08. The van der Waals surface area contributed by atoms with Crippen molar-refractivity contribution >= 4 is 24.9 Å². The van der Waals surface area contributed by atoms with E-state index in [1.165, 1.54) is 6.33 Å². The molecule has 8 N–H and O–H groups in total. The number of nitrogens with zero attached hydrogens (tertiary/aromatic N) is 3. The van der Waals surface area contributed by atoms with E-state index in [-0.39, 0.29) is 30.6 Å². The second-order valence-electron chi connectivity index (χ2n) is 4.60. The molecule has 0 aromatic carbocycles. The largest absolute Gasteiger partial charge is 0.466 e. The van der Waals surface area contributed by atoms with Crippen molar-refractivity contribution in [1.29, 1.82) is 0 Å². The molecule has 2 rings (SSSR count). The molecule has 2 aromatic heterocycles. The SMILES string of the molecule is Nc1nc(=O)c2ncn(CCC(CO)CO)c2[nH]1.O=P(O)(O)O. The van der Waals surface area contributed by atoms with Crippen LogP contribution in [0.3, 0.4) is 0 Å². The first kappa shape index (κ1) is 19.2. The van der Waals surface area contributed by atoms with Crippen LogP contribution in [0.5, 0.6) is 0 Å². The van der Waals surface area contributed by atoms with Gasteiger partial charge in [-0.25, -0.2) is 9.55 Å². The van der Waals surface area contributed by atoms with Gasteiger partial charge in [0.25, 0.3) is 0 Å². The average molecular weight is 351 g/mol. The molecule has 0 fully saturated rings. The third kappa shape index (κ3) is 6.44. The molecule has 0 aliphatic heterocycles. The second-order valence-corrected chi connectivity index (χ2v) is 5.62. The maximum Gasteiger partial charge on any atom is 0.466 e. The Balaban J connectivity index is 0.000000463. The predicted molar refractivity (Wildman–Crippen MR) is 79.1 cm³/mol. The first-order valence-corrected chi connectivity index (χ1v) is 7.92. The zero-order valence-corrected chi connectivity index (χ0v) is 12.8. The Morgan fingerprint density at radius 1 is 1.30 bits per heavy atom. The smallest absolute Gasteiger partial charge is 0.396 e. The van der Waals surface area contributed by atoms with Crippen LogP contribution in [0.1, 0.15) is 6.42 Å². The number of hydrogen-bond donors (Lipinski definition) is 7. The number of phosphoric acid groups is 1. The molecule has 23 heavy (non-hydrogen) atoms. The van der Waals surface area contributed by atoms with Gasteiger partial charge in [0.1, 0.15) is 5.65 Å². The summed E-state index contributed by atoms with van der Waals surface area (Å²) in [5.74, 6) is -0.150. The Hall–Kier alpha value is -1.82. The number of imidazole rings is 1. The van der Waals surface area contributed by atoms with Gasteiger partial charge < -0.3 is 40.2 Å². The monoisotopic (exact) mass is 351 g/mol. The van der Waals surface area contributed by atoms with Crippen LogP contribution in [0.4, 0.5) is 5.95 Å². The maximum atomic E-state index is 11.5. The Morgan fingerprint density at radius 3 is 2.39 bits per heavy atom. The van der Waals surface area contributed by atoms with Crippen LogP contribution >= 0.6 is 7.82 Å². The first-order valence-electron chi connectivity index (χ1n) is 6.36. The molecule has 12 nitrogen and oxygen atoms in total. The van der Waals surface area contributed by atoms with Crippen LogP contribution in [0.2, 0.25) is 0 Å². The molecular formula is C10H18N5O7P. The molecule has 0 aliphatic carbocycles. The molecular weight excluding hydrogens is 333 g/mol. The highest BCUT2D eigenvalue weighted by molar-refractivity contribution is 7.45. The molecule has 13 heteroatoms. The Labute approximate surface area is 129 Å². The first-order chi connectivity index (χ1) is 10.7. The van der Waals surface area contributed by atoms with Crippen molar-refractivity contribution in [3.05, 3.63) is 16.7 Å². The zero-order chi connectivity index (χ0) is 17.6. The number of fused-ring (bicyclic) bond motifs is 1. The van der Waals surface area contributed by atoms with E-state index in [1.807, 2.05) is 0 Å². The highest BCUT2D eigenvalue weighted by atomic mass is 31.2. The molecule has 0 radical (unpaired) electrons. The minimum absolute atomic E-state index is 0.0371. The lowest BCUT2D eigenvalue weighted by atomic mass is 10.1. The van der Waals surface area contributed by atoms with Crippen LogP contribution in [0, 0.1) is 5.92 Å². The lowest BCUT2D eigenvalue weighted by Crippen LogP contribution is -2.15. The van der Waals surface area contributed by atoms with Gasteiger partial charge in [-0.05, 0) is 6.42 Å². The summed E-state index contributed by atoms with van der Waals surface area (Å²) in [6, 6.07) is 0. The third-order valence-electron chi connectivity index (χ3n) is 2.80. The molecule has 0 bridgehead atoms. The Morgan fingerprint density at radius 2 is 1.87 bits per heavy atom. The molecule has 0 spiro atoms. The van der Waals surface area contributed by atoms with Gasteiger partial charge in [-0.15, -0.1) is 0 Å². The number of hydrogen-bond acceptors (Lipinski definition) is 7. The average Bonchev–Trinajstić information content (AvgIpc) is 2.81. The fourth-order valence-electron chi connectivity index (χ4n) is 1.71. The number of nitrogens with two attached hydrogens (primary N) is 1. The normalized spacial score (nSPS) is 11.6. The van der Waals surface area contributed by atoms with Crippen molar-refractivity contribution in [3.63, 3.8) is 0 Å². The minimum atomic E-state index is -4.64. The number of aromatic nitrogens is 4. The van der Waals surface area contributed by atoms with Crippen LogP contribution in [0.25, 0.3) is 11.2 Å². The zero-order valence-electron chi connectivity index (χ0n) is 11.9. The minimum Gasteiger partial charge on any atom is -0.396 e. The fraction of sp³-hybridized carbons (Fsp3) is 0.500. The molecule has 0 unspecified atom stereocenters. The number of rotatable bonds is 5. The molecule has 2 aromatic rings. The summed E-state index contributed by atoms with van der Waals surface area (Å²) in [6.45, 7) is 0.356. The van der Waals surface area contributed by atoms with Gasteiger partial charge in [0.2, 0.25) is 5.95 Å². The number of aliphatic hydroxyl groups excluding tert-OH is 2. The van der Waals surface area contributed by atoms with Crippen molar-refractivity contribution in [2.45, 2.75) is 13.0 Å². The van der Waals surface area contributed by atoms with E-state index in [9.17, 15) is 4.79 Å². The second kappa shape index (κ2) is 8.15. The van der Waals surface area contributed by atoms with Crippen LogP contribution < -0.4 is 11.3 Å². The molecule has 0 atom stereocenters. The number of aryl methyl sites for hydroxylation is 1. The van der Waals surface area contributed by atoms with Crippen molar-refractivity contribution < 1.29 is 29.5 Å². The molecule has 0 aliphatic rings. The van der Waals surface area contributed by atoms with E-state index >= 15 is 0 Å². The van der Waals surface area contributed by atoms with Gasteiger partial charge in [-0.1, -0.05) is 0 Å². The summed E-state index contributed by atoms with van der Waals surface area (Å²) in [5, 5.41) is 18.0. The summed E-state index contributed by atoms with van der Waals surface area (Å²) in [5.41, 5.74) is 5.73. The van der Waals surface area contributed by atoms with E-state index in [4.69, 9.17) is 35.2 Å². The van der Waals surface area contributed by atoms with Gasteiger partial charge in [0.05, 0.1) is 6.33 Å². The fourth-order valence-corrected chi connectivity index (χ4v) is 1.71. The van der Waals surface area contributed by atoms with Gasteiger partial charge in [-0.3, -0.25) is 4.79 Å². The Bertz CT molecular complexity index is 727.